The lowest BCUT2D eigenvalue weighted by Gasteiger charge is -2.14. The second-order valence-corrected chi connectivity index (χ2v) is 6.54. The van der Waals surface area contributed by atoms with E-state index < -0.39 is 22.9 Å². The smallest absolute Gasteiger partial charge is 0.340 e. The van der Waals surface area contributed by atoms with Gasteiger partial charge < -0.3 is 10.1 Å². The van der Waals surface area contributed by atoms with E-state index in [2.05, 4.69) is 10.3 Å². The topological polar surface area (TPSA) is 111 Å². The summed E-state index contributed by atoms with van der Waals surface area (Å²) >= 11 is 0. The molecule has 1 amide bonds. The number of amides is 1. The number of ether oxygens (including phenoxy) is 1. The lowest BCUT2D eigenvalue weighted by molar-refractivity contribution is -0.384. The second-order valence-electron chi connectivity index (χ2n) is 6.54. The molecule has 0 aliphatic rings. The quantitative estimate of drug-likeness (QED) is 0.375. The van der Waals surface area contributed by atoms with E-state index in [0.29, 0.717) is 11.4 Å². The molecule has 1 aromatic heterocycles. The number of carbonyl (C=O) groups excluding carboxylic acids is 2. The number of rotatable bonds is 6. The van der Waals surface area contributed by atoms with Gasteiger partial charge in [0.25, 0.3) is 11.6 Å². The molecule has 0 saturated carbocycles. The van der Waals surface area contributed by atoms with Crippen LogP contribution in [0.3, 0.4) is 0 Å². The summed E-state index contributed by atoms with van der Waals surface area (Å²) in [5.41, 5.74) is 2.69. The summed E-state index contributed by atoms with van der Waals surface area (Å²) in [7, 11) is 0. The average Bonchev–Trinajstić information content (AvgIpc) is 2.74. The molecule has 0 aliphatic carbocycles. The number of nitrogens with zero attached hydrogens (tertiary/aromatic N) is 2. The fourth-order valence-corrected chi connectivity index (χ4v) is 2.73. The van der Waals surface area contributed by atoms with Gasteiger partial charge in [-0.15, -0.1) is 0 Å². The highest BCUT2D eigenvalue weighted by Gasteiger charge is 2.21. The van der Waals surface area contributed by atoms with Crippen molar-refractivity contribution in [1.82, 2.24) is 4.98 Å². The zero-order valence-corrected chi connectivity index (χ0v) is 16.4. The molecule has 1 N–H and O–H groups in total. The highest BCUT2D eigenvalue weighted by atomic mass is 16.6. The zero-order valence-electron chi connectivity index (χ0n) is 16.4. The number of pyridine rings is 1. The minimum Gasteiger partial charge on any atom is -0.449 e. The number of nitro groups is 1. The Balaban J connectivity index is 1.64. The molecular formula is C22H19N3O5. The van der Waals surface area contributed by atoms with Crippen LogP contribution in [0.15, 0.2) is 66.7 Å². The first-order chi connectivity index (χ1) is 14.3. The molecule has 0 bridgehead atoms. The Kier molecular flexibility index (Phi) is 6.17. The Hall–Kier alpha value is -4.07. The number of anilines is 1. The second kappa shape index (κ2) is 8.95. The third-order valence-corrected chi connectivity index (χ3v) is 4.37. The molecule has 1 heterocycles. The van der Waals surface area contributed by atoms with Gasteiger partial charge >= 0.3 is 5.97 Å². The molecule has 0 radical (unpaired) electrons. The van der Waals surface area contributed by atoms with Crippen LogP contribution in [-0.4, -0.2) is 27.9 Å². The van der Waals surface area contributed by atoms with E-state index in [1.54, 1.807) is 19.1 Å². The third kappa shape index (κ3) is 4.85. The van der Waals surface area contributed by atoms with Crippen molar-refractivity contribution in [3.63, 3.8) is 0 Å². The van der Waals surface area contributed by atoms with Crippen LogP contribution in [0.1, 0.15) is 23.0 Å². The monoisotopic (exact) mass is 405 g/mol. The summed E-state index contributed by atoms with van der Waals surface area (Å²) in [6.45, 7) is 3.14. The number of benzene rings is 2. The van der Waals surface area contributed by atoms with Gasteiger partial charge in [-0.3, -0.25) is 19.9 Å². The van der Waals surface area contributed by atoms with E-state index in [1.165, 1.54) is 31.2 Å². The molecule has 8 nitrogen and oxygen atoms in total. The van der Waals surface area contributed by atoms with Gasteiger partial charge in [-0.25, -0.2) is 4.79 Å². The van der Waals surface area contributed by atoms with E-state index in [-0.39, 0.29) is 11.3 Å². The Bertz CT molecular complexity index is 1080. The molecule has 152 valence electrons. The molecule has 0 fully saturated rings. The van der Waals surface area contributed by atoms with E-state index >= 15 is 0 Å². The lowest BCUT2D eigenvalue weighted by Crippen LogP contribution is -2.30. The van der Waals surface area contributed by atoms with Crippen molar-refractivity contribution in [3.05, 3.63) is 88.1 Å². The maximum Gasteiger partial charge on any atom is 0.340 e. The van der Waals surface area contributed by atoms with Gasteiger partial charge in [0.2, 0.25) is 0 Å². The number of aryl methyl sites for hydroxylation is 1. The minimum absolute atomic E-state index is 0.0885. The Labute approximate surface area is 172 Å². The van der Waals surface area contributed by atoms with Gasteiger partial charge in [0.15, 0.2) is 6.10 Å². The van der Waals surface area contributed by atoms with Crippen LogP contribution in [0, 0.1) is 17.0 Å². The summed E-state index contributed by atoms with van der Waals surface area (Å²) in [5, 5.41) is 13.2. The number of esters is 1. The third-order valence-electron chi connectivity index (χ3n) is 4.37. The fraction of sp³-hybridized carbons (Fsp3) is 0.136. The Morgan fingerprint density at radius 3 is 2.30 bits per heavy atom. The SMILES string of the molecule is Cc1nc(-c2ccccc2)ccc1C(=O)OC(C)C(=O)Nc1ccc([N+](=O)[O-])cc1. The minimum atomic E-state index is -1.07. The molecule has 1 unspecified atom stereocenters. The Morgan fingerprint density at radius 2 is 1.70 bits per heavy atom. The molecular weight excluding hydrogens is 386 g/mol. The molecule has 3 aromatic rings. The molecule has 1 atom stereocenters. The summed E-state index contributed by atoms with van der Waals surface area (Å²) in [5.74, 6) is -1.21. The standard InChI is InChI=1S/C22H19N3O5/c1-14-19(12-13-20(23-14)16-6-4-3-5-7-16)22(27)30-15(2)21(26)24-17-8-10-18(11-9-17)25(28)29/h3-13,15H,1-2H3,(H,24,26). The molecule has 0 spiro atoms. The largest absolute Gasteiger partial charge is 0.449 e. The van der Waals surface area contributed by atoms with E-state index in [4.69, 9.17) is 4.74 Å². The first-order valence-electron chi connectivity index (χ1n) is 9.14. The van der Waals surface area contributed by atoms with E-state index in [0.717, 1.165) is 11.3 Å². The molecule has 2 aromatic carbocycles. The average molecular weight is 405 g/mol. The first-order valence-corrected chi connectivity index (χ1v) is 9.14. The van der Waals surface area contributed by atoms with Gasteiger partial charge in [0.05, 0.1) is 21.9 Å². The number of nitrogens with one attached hydrogen (secondary N) is 1. The van der Waals surface area contributed by atoms with E-state index in [1.807, 2.05) is 30.3 Å². The normalized spacial score (nSPS) is 11.4. The summed E-state index contributed by atoms with van der Waals surface area (Å²) in [4.78, 5) is 39.4. The number of non-ortho nitro benzene ring substituents is 1. The van der Waals surface area contributed by atoms with Crippen LogP contribution < -0.4 is 5.32 Å². The summed E-state index contributed by atoms with van der Waals surface area (Å²) in [6.07, 6.45) is -1.07. The first kappa shape index (κ1) is 20.7. The van der Waals surface area contributed by atoms with Gasteiger partial charge in [-0.2, -0.15) is 0 Å². The summed E-state index contributed by atoms with van der Waals surface area (Å²) in [6, 6.07) is 18.3. The highest BCUT2D eigenvalue weighted by Crippen LogP contribution is 2.20. The van der Waals surface area contributed by atoms with Crippen LogP contribution in [0.5, 0.6) is 0 Å². The lowest BCUT2D eigenvalue weighted by atomic mass is 10.1. The molecule has 30 heavy (non-hydrogen) atoms. The van der Waals surface area contributed by atoms with Gasteiger partial charge in [-0.1, -0.05) is 30.3 Å². The molecule has 3 rings (SSSR count). The maximum absolute atomic E-state index is 12.5. The van der Waals surface area contributed by atoms with Crippen LogP contribution in [-0.2, 0) is 9.53 Å². The highest BCUT2D eigenvalue weighted by molar-refractivity contribution is 5.97. The predicted molar refractivity (Wildman–Crippen MR) is 111 cm³/mol. The van der Waals surface area contributed by atoms with Crippen molar-refractivity contribution < 1.29 is 19.2 Å². The summed E-state index contributed by atoms with van der Waals surface area (Å²) < 4.78 is 5.26. The van der Waals surface area contributed by atoms with Crippen LogP contribution >= 0.6 is 0 Å². The van der Waals surface area contributed by atoms with Crippen molar-refractivity contribution >= 4 is 23.3 Å². The van der Waals surface area contributed by atoms with Crippen molar-refractivity contribution in [2.75, 3.05) is 5.32 Å². The van der Waals surface area contributed by atoms with Crippen molar-refractivity contribution in [3.8, 4) is 11.3 Å². The number of carbonyl (C=O) groups is 2. The number of hydrogen-bond acceptors (Lipinski definition) is 6. The Morgan fingerprint density at radius 1 is 1.03 bits per heavy atom. The number of nitro benzene ring substituents is 1. The van der Waals surface area contributed by atoms with Crippen LogP contribution in [0.2, 0.25) is 0 Å². The van der Waals surface area contributed by atoms with Crippen molar-refractivity contribution in [2.24, 2.45) is 0 Å². The predicted octanol–water partition coefficient (Wildman–Crippen LogP) is 4.15. The fourth-order valence-electron chi connectivity index (χ4n) is 2.73. The van der Waals surface area contributed by atoms with Gasteiger partial charge in [0.1, 0.15) is 0 Å². The number of aromatic nitrogens is 1. The van der Waals surface area contributed by atoms with E-state index in [9.17, 15) is 19.7 Å². The number of hydrogen-bond donors (Lipinski definition) is 1. The van der Waals surface area contributed by atoms with Gasteiger partial charge in [0, 0.05) is 23.4 Å². The van der Waals surface area contributed by atoms with Crippen LogP contribution in [0.4, 0.5) is 11.4 Å². The molecule has 0 aliphatic heterocycles. The zero-order chi connectivity index (χ0) is 21.7. The maximum atomic E-state index is 12.5. The van der Waals surface area contributed by atoms with Crippen molar-refractivity contribution in [2.45, 2.75) is 20.0 Å². The van der Waals surface area contributed by atoms with Crippen LogP contribution in [0.25, 0.3) is 11.3 Å². The van der Waals surface area contributed by atoms with Gasteiger partial charge in [-0.05, 0) is 38.1 Å². The molecule has 8 heteroatoms. The molecule has 0 saturated heterocycles. The van der Waals surface area contributed by atoms with Crippen molar-refractivity contribution in [1.29, 1.82) is 0 Å².